The van der Waals surface area contributed by atoms with Crippen molar-refractivity contribution in [3.05, 3.63) is 95.1 Å². The first kappa shape index (κ1) is 26.7. The van der Waals surface area contributed by atoms with Gasteiger partial charge in [0.15, 0.2) is 0 Å². The van der Waals surface area contributed by atoms with Crippen LogP contribution < -0.4 is 9.64 Å². The summed E-state index contributed by atoms with van der Waals surface area (Å²) in [5, 5.41) is 9.12. The van der Waals surface area contributed by atoms with Crippen LogP contribution in [-0.2, 0) is 11.3 Å². The van der Waals surface area contributed by atoms with Crippen LogP contribution in [0.4, 0.5) is 5.69 Å². The zero-order valence-electron chi connectivity index (χ0n) is 22.6. The number of ether oxygens (including phenoxy) is 2. The van der Waals surface area contributed by atoms with Crippen LogP contribution in [0.3, 0.4) is 0 Å². The molecule has 7 heteroatoms. The first-order valence-electron chi connectivity index (χ1n) is 13.7. The molecular weight excluding hydrogens is 488 g/mol. The summed E-state index contributed by atoms with van der Waals surface area (Å²) in [6.45, 7) is 6.30. The Morgan fingerprint density at radius 2 is 1.67 bits per heavy atom. The van der Waals surface area contributed by atoms with Gasteiger partial charge in [0.2, 0.25) is 0 Å². The molecule has 202 valence electrons. The molecule has 0 N–H and O–H groups in total. The minimum Gasteiger partial charge on any atom is -0.496 e. The predicted octanol–water partition coefficient (Wildman–Crippen LogP) is 4.88. The molecular formula is C32H36N4O3. The third-order valence-corrected chi connectivity index (χ3v) is 7.67. The number of methoxy groups -OCH3 is 1. The monoisotopic (exact) mass is 524 g/mol. The Labute approximate surface area is 231 Å². The Bertz CT molecular complexity index is 1290. The molecule has 0 spiro atoms. The second-order valence-electron chi connectivity index (χ2n) is 10.2. The Hall–Kier alpha value is -3.86. The maximum absolute atomic E-state index is 13.2. The molecule has 5 rings (SSSR count). The molecule has 39 heavy (non-hydrogen) atoms. The molecule has 2 aliphatic rings. The number of rotatable bonds is 9. The standard InChI is InChI=1S/C32H36N4O3/c1-38-30-10-3-2-9-29(30)32(37)36-19-17-34(18-20-36)23-31(39-24-26-13-11-25(22-33)12-14-26)27-7-6-8-28(21-27)35-15-4-5-16-35/h2-3,6-14,21,31H,4-5,15-20,23-24H2,1H3/t31-/m1/s1. The number of amides is 1. The number of carbonyl (C=O) groups excluding carboxylic acids is 1. The number of carbonyl (C=O) groups is 1. The second kappa shape index (κ2) is 12.8. The van der Waals surface area contributed by atoms with Gasteiger partial charge in [-0.25, -0.2) is 0 Å². The molecule has 0 saturated carbocycles. The van der Waals surface area contributed by atoms with E-state index >= 15 is 0 Å². The Kier molecular flexibility index (Phi) is 8.77. The summed E-state index contributed by atoms with van der Waals surface area (Å²) in [4.78, 5) is 19.9. The van der Waals surface area contributed by atoms with Gasteiger partial charge in [-0.05, 0) is 60.4 Å². The fourth-order valence-corrected chi connectivity index (χ4v) is 5.38. The van der Waals surface area contributed by atoms with Crippen molar-refractivity contribution in [1.29, 1.82) is 5.26 Å². The molecule has 1 atom stereocenters. The summed E-state index contributed by atoms with van der Waals surface area (Å²) in [6.07, 6.45) is 2.36. The lowest BCUT2D eigenvalue weighted by Crippen LogP contribution is -2.49. The molecule has 7 nitrogen and oxygen atoms in total. The molecule has 2 saturated heterocycles. The highest BCUT2D eigenvalue weighted by Gasteiger charge is 2.26. The van der Waals surface area contributed by atoms with Crippen LogP contribution >= 0.6 is 0 Å². The quantitative estimate of drug-likeness (QED) is 0.397. The number of hydrogen-bond acceptors (Lipinski definition) is 6. The van der Waals surface area contributed by atoms with Crippen molar-refractivity contribution >= 4 is 11.6 Å². The van der Waals surface area contributed by atoms with Gasteiger partial charge in [-0.3, -0.25) is 9.69 Å². The van der Waals surface area contributed by atoms with Gasteiger partial charge < -0.3 is 19.3 Å². The first-order chi connectivity index (χ1) is 19.1. The Morgan fingerprint density at radius 1 is 0.923 bits per heavy atom. The highest BCUT2D eigenvalue weighted by Crippen LogP contribution is 2.28. The van der Waals surface area contributed by atoms with Gasteiger partial charge >= 0.3 is 0 Å². The van der Waals surface area contributed by atoms with E-state index < -0.39 is 0 Å². The topological polar surface area (TPSA) is 69.0 Å². The third-order valence-electron chi connectivity index (χ3n) is 7.67. The number of piperazine rings is 1. The first-order valence-corrected chi connectivity index (χ1v) is 13.7. The molecule has 3 aromatic carbocycles. The summed E-state index contributed by atoms with van der Waals surface area (Å²) in [5.41, 5.74) is 4.72. The number of nitrogens with zero attached hydrogens (tertiary/aromatic N) is 4. The number of benzene rings is 3. The summed E-state index contributed by atoms with van der Waals surface area (Å²) in [7, 11) is 1.60. The van der Waals surface area contributed by atoms with Crippen LogP contribution in [0.1, 0.15) is 46.0 Å². The maximum atomic E-state index is 13.2. The van der Waals surface area contributed by atoms with Gasteiger partial charge in [-0.2, -0.15) is 5.26 Å². The fraction of sp³-hybridized carbons (Fsp3) is 0.375. The summed E-state index contributed by atoms with van der Waals surface area (Å²) >= 11 is 0. The van der Waals surface area contributed by atoms with Crippen LogP contribution in [0.15, 0.2) is 72.8 Å². The maximum Gasteiger partial charge on any atom is 0.257 e. The lowest BCUT2D eigenvalue weighted by Gasteiger charge is -2.36. The largest absolute Gasteiger partial charge is 0.496 e. The van der Waals surface area contributed by atoms with E-state index in [1.165, 1.54) is 24.1 Å². The van der Waals surface area contributed by atoms with Crippen molar-refractivity contribution in [2.24, 2.45) is 0 Å². The van der Waals surface area contributed by atoms with Crippen LogP contribution in [0.2, 0.25) is 0 Å². The van der Waals surface area contributed by atoms with Crippen LogP contribution in [0, 0.1) is 11.3 Å². The molecule has 2 fully saturated rings. The van der Waals surface area contributed by atoms with Gasteiger partial charge in [0, 0.05) is 51.5 Å². The van der Waals surface area contributed by atoms with Crippen molar-refractivity contribution in [3.63, 3.8) is 0 Å². The van der Waals surface area contributed by atoms with E-state index in [-0.39, 0.29) is 12.0 Å². The predicted molar refractivity (Wildman–Crippen MR) is 152 cm³/mol. The van der Waals surface area contributed by atoms with Crippen molar-refractivity contribution in [3.8, 4) is 11.8 Å². The molecule has 0 aliphatic carbocycles. The normalized spacial score (nSPS) is 16.6. The van der Waals surface area contributed by atoms with Crippen LogP contribution in [0.5, 0.6) is 5.75 Å². The molecule has 1 amide bonds. The van der Waals surface area contributed by atoms with Crippen molar-refractivity contribution in [2.75, 3.05) is 57.8 Å². The van der Waals surface area contributed by atoms with Gasteiger partial charge in [0.25, 0.3) is 5.91 Å². The van der Waals surface area contributed by atoms with Crippen molar-refractivity contribution in [2.45, 2.75) is 25.6 Å². The highest BCUT2D eigenvalue weighted by molar-refractivity contribution is 5.97. The summed E-state index contributed by atoms with van der Waals surface area (Å²) in [6, 6.07) is 25.9. The lowest BCUT2D eigenvalue weighted by molar-refractivity contribution is 0.00341. The van der Waals surface area contributed by atoms with Crippen molar-refractivity contribution in [1.82, 2.24) is 9.80 Å². The average molecular weight is 525 g/mol. The number of hydrogen-bond donors (Lipinski definition) is 0. The molecule has 0 aromatic heterocycles. The molecule has 0 bridgehead atoms. The zero-order chi connectivity index (χ0) is 27.0. The van der Waals surface area contributed by atoms with Gasteiger partial charge in [-0.15, -0.1) is 0 Å². The summed E-state index contributed by atoms with van der Waals surface area (Å²) in [5.74, 6) is 0.623. The minimum atomic E-state index is -0.111. The molecule has 0 unspecified atom stereocenters. The van der Waals surface area contributed by atoms with E-state index in [0.29, 0.717) is 36.6 Å². The summed E-state index contributed by atoms with van der Waals surface area (Å²) < 4.78 is 12.0. The smallest absolute Gasteiger partial charge is 0.257 e. The zero-order valence-corrected chi connectivity index (χ0v) is 22.6. The second-order valence-corrected chi connectivity index (χ2v) is 10.2. The molecule has 0 radical (unpaired) electrons. The van der Waals surface area contributed by atoms with E-state index in [0.717, 1.165) is 38.3 Å². The van der Waals surface area contributed by atoms with E-state index in [9.17, 15) is 4.79 Å². The SMILES string of the molecule is COc1ccccc1C(=O)N1CCN(C[C@@H](OCc2ccc(C#N)cc2)c2cccc(N3CCCC3)c2)CC1. The van der Waals surface area contributed by atoms with Crippen molar-refractivity contribution < 1.29 is 14.3 Å². The minimum absolute atomic E-state index is 0.0130. The highest BCUT2D eigenvalue weighted by atomic mass is 16.5. The van der Waals surface area contributed by atoms with Crippen LogP contribution in [0.25, 0.3) is 0 Å². The van der Waals surface area contributed by atoms with Gasteiger partial charge in [0.1, 0.15) is 5.75 Å². The van der Waals surface area contributed by atoms with E-state index in [1.54, 1.807) is 7.11 Å². The lowest BCUT2D eigenvalue weighted by atomic mass is 10.1. The number of nitriles is 1. The molecule has 3 aromatic rings. The van der Waals surface area contributed by atoms with Gasteiger partial charge in [-0.1, -0.05) is 36.4 Å². The van der Waals surface area contributed by atoms with Gasteiger partial charge in [0.05, 0.1) is 37.0 Å². The third kappa shape index (κ3) is 6.59. The van der Waals surface area contributed by atoms with Crippen LogP contribution in [-0.4, -0.2) is 68.6 Å². The van der Waals surface area contributed by atoms with E-state index in [1.807, 2.05) is 53.4 Å². The molecule has 2 heterocycles. The Balaban J connectivity index is 1.27. The Morgan fingerprint density at radius 3 is 2.38 bits per heavy atom. The average Bonchev–Trinajstić information content (AvgIpc) is 3.55. The number of anilines is 1. The molecule has 2 aliphatic heterocycles. The number of para-hydroxylation sites is 1. The van der Waals surface area contributed by atoms with E-state index in [4.69, 9.17) is 14.7 Å². The fourth-order valence-electron chi connectivity index (χ4n) is 5.38. The van der Waals surface area contributed by atoms with E-state index in [2.05, 4.69) is 40.1 Å².